The van der Waals surface area contributed by atoms with Crippen molar-refractivity contribution < 1.29 is 4.79 Å². The molecule has 0 radical (unpaired) electrons. The van der Waals surface area contributed by atoms with Crippen LogP contribution in [0.5, 0.6) is 0 Å². The minimum atomic E-state index is -0.255. The van der Waals surface area contributed by atoms with Crippen molar-refractivity contribution >= 4 is 17.4 Å². The minimum absolute atomic E-state index is 0.103. The van der Waals surface area contributed by atoms with Gasteiger partial charge in [0.2, 0.25) is 0 Å². The van der Waals surface area contributed by atoms with Gasteiger partial charge in [-0.15, -0.1) is 10.2 Å². The van der Waals surface area contributed by atoms with Crippen LogP contribution >= 0.6 is 0 Å². The van der Waals surface area contributed by atoms with Crippen LogP contribution in [0.15, 0.2) is 24.3 Å². The molecule has 5 nitrogen and oxygen atoms in total. The molecule has 2 aromatic rings. The van der Waals surface area contributed by atoms with E-state index < -0.39 is 0 Å². The normalized spacial score (nSPS) is 11.2. The molecule has 0 atom stereocenters. The number of benzene rings is 1. The molecule has 0 fully saturated rings. The lowest BCUT2D eigenvalue weighted by Gasteiger charge is -2.20. The number of aromatic nitrogens is 2. The summed E-state index contributed by atoms with van der Waals surface area (Å²) in [6.07, 6.45) is 0. The highest BCUT2D eigenvalue weighted by Gasteiger charge is 2.14. The summed E-state index contributed by atoms with van der Waals surface area (Å²) in [7, 11) is 0. The van der Waals surface area contributed by atoms with E-state index in [2.05, 4.69) is 20.8 Å². The molecule has 1 aromatic carbocycles. The van der Waals surface area contributed by atoms with Gasteiger partial charge in [0.25, 0.3) is 5.91 Å². The van der Waals surface area contributed by atoms with Crippen LogP contribution in [-0.2, 0) is 0 Å². The third-order valence-electron chi connectivity index (χ3n) is 3.32. The predicted octanol–water partition coefficient (Wildman–Crippen LogP) is 3.86. The zero-order valence-corrected chi connectivity index (χ0v) is 14.6. The van der Waals surface area contributed by atoms with Crippen LogP contribution in [-0.4, -0.2) is 21.6 Å². The summed E-state index contributed by atoms with van der Waals surface area (Å²) in [6, 6.07) is 7.53. The van der Waals surface area contributed by atoms with Gasteiger partial charge in [-0.3, -0.25) is 4.79 Å². The Morgan fingerprint density at radius 2 is 1.61 bits per heavy atom. The van der Waals surface area contributed by atoms with E-state index in [0.717, 1.165) is 16.8 Å². The fourth-order valence-electron chi connectivity index (χ4n) is 2.46. The quantitative estimate of drug-likeness (QED) is 0.903. The van der Waals surface area contributed by atoms with E-state index in [1.54, 1.807) is 12.1 Å². The molecule has 0 spiro atoms. The van der Waals surface area contributed by atoms with Crippen molar-refractivity contribution in [1.29, 1.82) is 0 Å². The highest BCUT2D eigenvalue weighted by atomic mass is 16.1. The van der Waals surface area contributed by atoms with Gasteiger partial charge in [0, 0.05) is 11.2 Å². The van der Waals surface area contributed by atoms with Crippen molar-refractivity contribution in [3.63, 3.8) is 0 Å². The monoisotopic (exact) mass is 312 g/mol. The number of carbonyl (C=O) groups excluding carboxylic acids is 1. The zero-order valence-electron chi connectivity index (χ0n) is 14.6. The van der Waals surface area contributed by atoms with Crippen molar-refractivity contribution in [2.45, 2.75) is 47.1 Å². The largest absolute Gasteiger partial charge is 0.364 e. The van der Waals surface area contributed by atoms with E-state index in [1.165, 1.54) is 5.56 Å². The van der Waals surface area contributed by atoms with Crippen LogP contribution in [0.25, 0.3) is 0 Å². The van der Waals surface area contributed by atoms with E-state index in [1.807, 2.05) is 53.7 Å². The standard InChI is InChI=1S/C18H24N4O/c1-11-9-12(2)16(13(3)10-11)19-17(23)14-7-8-15(22-21-14)20-18(4,5)6/h7-10H,1-6H3,(H,19,23)(H,20,22). The molecular formula is C18H24N4O. The van der Waals surface area contributed by atoms with Gasteiger partial charge < -0.3 is 10.6 Å². The number of nitrogens with zero attached hydrogens (tertiary/aromatic N) is 2. The molecule has 23 heavy (non-hydrogen) atoms. The molecule has 0 bridgehead atoms. The van der Waals surface area contributed by atoms with E-state index in [9.17, 15) is 4.79 Å². The Bertz CT molecular complexity index is 692. The van der Waals surface area contributed by atoms with Crippen molar-refractivity contribution in [3.8, 4) is 0 Å². The number of aryl methyl sites for hydroxylation is 3. The number of nitrogens with one attached hydrogen (secondary N) is 2. The molecule has 1 aromatic heterocycles. The average Bonchev–Trinajstić information content (AvgIpc) is 2.41. The molecule has 1 heterocycles. The second-order valence-electron chi connectivity index (χ2n) is 6.91. The number of anilines is 2. The summed E-state index contributed by atoms with van der Waals surface area (Å²) in [6.45, 7) is 12.1. The predicted molar refractivity (Wildman–Crippen MR) is 94.0 cm³/mol. The summed E-state index contributed by atoms with van der Waals surface area (Å²) >= 11 is 0. The zero-order chi connectivity index (χ0) is 17.2. The Labute approximate surface area is 137 Å². The van der Waals surface area contributed by atoms with E-state index in [0.29, 0.717) is 11.5 Å². The molecule has 0 aliphatic rings. The van der Waals surface area contributed by atoms with Crippen molar-refractivity contribution in [2.75, 3.05) is 10.6 Å². The van der Waals surface area contributed by atoms with Gasteiger partial charge in [-0.05, 0) is 64.8 Å². The lowest BCUT2D eigenvalue weighted by atomic mass is 10.0. The molecular weight excluding hydrogens is 288 g/mol. The Kier molecular flexibility index (Phi) is 4.68. The smallest absolute Gasteiger partial charge is 0.276 e. The van der Waals surface area contributed by atoms with Crippen LogP contribution in [0.3, 0.4) is 0 Å². The Morgan fingerprint density at radius 3 is 2.09 bits per heavy atom. The van der Waals surface area contributed by atoms with Gasteiger partial charge >= 0.3 is 0 Å². The van der Waals surface area contributed by atoms with E-state index >= 15 is 0 Å². The summed E-state index contributed by atoms with van der Waals surface area (Å²) in [5, 5.41) is 14.2. The topological polar surface area (TPSA) is 66.9 Å². The highest BCUT2D eigenvalue weighted by Crippen LogP contribution is 2.22. The van der Waals surface area contributed by atoms with Crippen LogP contribution in [0.1, 0.15) is 48.0 Å². The van der Waals surface area contributed by atoms with Gasteiger partial charge in [0.1, 0.15) is 5.82 Å². The maximum atomic E-state index is 12.4. The second kappa shape index (κ2) is 6.36. The minimum Gasteiger partial charge on any atom is -0.364 e. The number of amides is 1. The number of hydrogen-bond acceptors (Lipinski definition) is 4. The van der Waals surface area contributed by atoms with Gasteiger partial charge in [-0.25, -0.2) is 0 Å². The summed E-state index contributed by atoms with van der Waals surface area (Å²) in [5.41, 5.74) is 4.28. The average molecular weight is 312 g/mol. The first-order valence-electron chi connectivity index (χ1n) is 7.67. The van der Waals surface area contributed by atoms with Crippen LogP contribution in [0, 0.1) is 20.8 Å². The molecule has 1 amide bonds. The Morgan fingerprint density at radius 1 is 1.00 bits per heavy atom. The fourth-order valence-corrected chi connectivity index (χ4v) is 2.46. The molecule has 0 aliphatic carbocycles. The Hall–Kier alpha value is -2.43. The fraction of sp³-hybridized carbons (Fsp3) is 0.389. The lowest BCUT2D eigenvalue weighted by molar-refractivity contribution is 0.102. The number of rotatable bonds is 3. The third kappa shape index (κ3) is 4.52. The maximum Gasteiger partial charge on any atom is 0.276 e. The van der Waals surface area contributed by atoms with Gasteiger partial charge in [-0.2, -0.15) is 0 Å². The van der Waals surface area contributed by atoms with Crippen LogP contribution < -0.4 is 10.6 Å². The number of hydrogen-bond donors (Lipinski definition) is 2. The molecule has 5 heteroatoms. The van der Waals surface area contributed by atoms with Crippen molar-refractivity contribution in [2.24, 2.45) is 0 Å². The maximum absolute atomic E-state index is 12.4. The summed E-state index contributed by atoms with van der Waals surface area (Å²) in [4.78, 5) is 12.4. The first kappa shape index (κ1) is 16.9. The first-order valence-corrected chi connectivity index (χ1v) is 7.67. The lowest BCUT2D eigenvalue weighted by Crippen LogP contribution is -2.27. The third-order valence-corrected chi connectivity index (χ3v) is 3.32. The molecule has 0 aliphatic heterocycles. The number of carbonyl (C=O) groups is 1. The summed E-state index contributed by atoms with van der Waals surface area (Å²) < 4.78 is 0. The first-order chi connectivity index (χ1) is 10.7. The molecule has 122 valence electrons. The van der Waals surface area contributed by atoms with Gasteiger partial charge in [-0.1, -0.05) is 17.7 Å². The van der Waals surface area contributed by atoms with Crippen molar-refractivity contribution in [1.82, 2.24) is 10.2 Å². The molecule has 2 N–H and O–H groups in total. The van der Waals surface area contributed by atoms with Crippen LogP contribution in [0.2, 0.25) is 0 Å². The van der Waals surface area contributed by atoms with E-state index in [-0.39, 0.29) is 11.4 Å². The Balaban J connectivity index is 2.16. The second-order valence-corrected chi connectivity index (χ2v) is 6.91. The van der Waals surface area contributed by atoms with Crippen LogP contribution in [0.4, 0.5) is 11.5 Å². The highest BCUT2D eigenvalue weighted by molar-refractivity contribution is 6.03. The molecule has 2 rings (SSSR count). The molecule has 0 saturated carbocycles. The summed E-state index contributed by atoms with van der Waals surface area (Å²) in [5.74, 6) is 0.395. The SMILES string of the molecule is Cc1cc(C)c(NC(=O)c2ccc(NC(C)(C)C)nn2)c(C)c1. The van der Waals surface area contributed by atoms with E-state index in [4.69, 9.17) is 0 Å². The van der Waals surface area contributed by atoms with Gasteiger partial charge in [0.15, 0.2) is 5.69 Å². The molecule has 0 unspecified atom stereocenters. The van der Waals surface area contributed by atoms with Gasteiger partial charge in [0.05, 0.1) is 0 Å². The van der Waals surface area contributed by atoms with Crippen molar-refractivity contribution in [3.05, 3.63) is 46.6 Å². The molecule has 0 saturated heterocycles.